The zero-order valence-corrected chi connectivity index (χ0v) is 15.3. The Balaban J connectivity index is 1.81. The normalized spacial score (nSPS) is 11.8. The third-order valence-corrected chi connectivity index (χ3v) is 4.41. The van der Waals surface area contributed by atoms with E-state index in [1.54, 1.807) is 7.11 Å². The highest BCUT2D eigenvalue weighted by molar-refractivity contribution is 5.97. The molecule has 4 nitrogen and oxygen atoms in total. The van der Waals surface area contributed by atoms with Crippen molar-refractivity contribution in [3.05, 3.63) is 66.2 Å². The summed E-state index contributed by atoms with van der Waals surface area (Å²) < 4.78 is 10.8. The highest BCUT2D eigenvalue weighted by Gasteiger charge is 2.17. The molecule has 0 heterocycles. The quantitative estimate of drug-likeness (QED) is 0.682. The largest absolute Gasteiger partial charge is 0.497 e. The lowest BCUT2D eigenvalue weighted by Gasteiger charge is -2.16. The molecule has 3 aromatic rings. The van der Waals surface area contributed by atoms with Crippen molar-refractivity contribution in [1.82, 2.24) is 0 Å². The lowest BCUT2D eigenvalue weighted by molar-refractivity contribution is -0.117. The molecule has 1 N–H and O–H groups in total. The predicted molar refractivity (Wildman–Crippen MR) is 105 cm³/mol. The lowest BCUT2D eigenvalue weighted by atomic mass is 9.97. The van der Waals surface area contributed by atoms with E-state index in [2.05, 4.69) is 5.32 Å². The van der Waals surface area contributed by atoms with E-state index in [4.69, 9.17) is 9.47 Å². The van der Waals surface area contributed by atoms with Crippen LogP contribution < -0.4 is 14.8 Å². The van der Waals surface area contributed by atoms with Crippen LogP contribution in [0, 0.1) is 0 Å². The fourth-order valence-electron chi connectivity index (χ4n) is 2.88. The second kappa shape index (κ2) is 7.91. The van der Waals surface area contributed by atoms with Gasteiger partial charge in [-0.1, -0.05) is 36.4 Å². The number of carbonyl (C=O) groups excluding carboxylic acids is 1. The first-order valence-corrected chi connectivity index (χ1v) is 8.72. The molecule has 134 valence electrons. The second-order valence-corrected chi connectivity index (χ2v) is 6.11. The van der Waals surface area contributed by atoms with Gasteiger partial charge in [0.15, 0.2) is 0 Å². The number of amides is 1. The van der Waals surface area contributed by atoms with Crippen molar-refractivity contribution in [3.63, 3.8) is 0 Å². The number of ether oxygens (including phenoxy) is 2. The summed E-state index contributed by atoms with van der Waals surface area (Å²) in [4.78, 5) is 12.7. The van der Waals surface area contributed by atoms with Crippen LogP contribution in [0.4, 0.5) is 5.69 Å². The van der Waals surface area contributed by atoms with Crippen molar-refractivity contribution >= 4 is 22.4 Å². The van der Waals surface area contributed by atoms with Crippen LogP contribution in [-0.2, 0) is 4.79 Å². The van der Waals surface area contributed by atoms with Crippen LogP contribution in [-0.4, -0.2) is 19.6 Å². The zero-order valence-electron chi connectivity index (χ0n) is 15.3. The van der Waals surface area contributed by atoms with E-state index in [1.807, 2.05) is 74.5 Å². The molecule has 0 spiro atoms. The minimum atomic E-state index is -0.281. The number of methoxy groups -OCH3 is 1. The average Bonchev–Trinajstić information content (AvgIpc) is 2.68. The highest BCUT2D eigenvalue weighted by atomic mass is 16.5. The third kappa shape index (κ3) is 3.80. The molecule has 1 unspecified atom stereocenters. The van der Waals surface area contributed by atoms with Gasteiger partial charge in [0.1, 0.15) is 11.5 Å². The number of para-hydroxylation sites is 2. The predicted octanol–water partition coefficient (Wildman–Crippen LogP) is 4.99. The van der Waals surface area contributed by atoms with E-state index in [9.17, 15) is 4.79 Å². The van der Waals surface area contributed by atoms with Crippen molar-refractivity contribution in [2.45, 2.75) is 19.8 Å². The Bertz CT molecular complexity index is 920. The average molecular weight is 349 g/mol. The molecule has 26 heavy (non-hydrogen) atoms. The molecule has 0 saturated carbocycles. The van der Waals surface area contributed by atoms with Crippen LogP contribution >= 0.6 is 0 Å². The molecule has 1 atom stereocenters. The molecule has 0 bridgehead atoms. The number of hydrogen-bond acceptors (Lipinski definition) is 3. The Morgan fingerprint density at radius 1 is 1.04 bits per heavy atom. The van der Waals surface area contributed by atoms with Crippen molar-refractivity contribution < 1.29 is 14.3 Å². The first-order valence-electron chi connectivity index (χ1n) is 8.72. The number of benzene rings is 3. The Morgan fingerprint density at radius 2 is 1.77 bits per heavy atom. The van der Waals surface area contributed by atoms with Gasteiger partial charge in [0.05, 0.1) is 25.3 Å². The standard InChI is InChI=1S/C22H23NO3/c1-4-26-21-8-6-5-7-20(21)23-22(24)15(2)16-9-10-18-14-19(25-3)12-11-17(18)13-16/h5-15H,4H2,1-3H3,(H,23,24). The summed E-state index contributed by atoms with van der Waals surface area (Å²) in [5, 5.41) is 5.14. The Morgan fingerprint density at radius 3 is 2.54 bits per heavy atom. The molecule has 4 heteroatoms. The molecule has 1 amide bonds. The van der Waals surface area contributed by atoms with Gasteiger partial charge in [-0.3, -0.25) is 4.79 Å². The zero-order chi connectivity index (χ0) is 18.5. The summed E-state index contributed by atoms with van der Waals surface area (Å²) in [5.41, 5.74) is 1.66. The molecule has 0 radical (unpaired) electrons. The molecule has 3 aromatic carbocycles. The number of hydrogen-bond donors (Lipinski definition) is 1. The molecule has 0 fully saturated rings. The van der Waals surface area contributed by atoms with Crippen LogP contribution in [0.15, 0.2) is 60.7 Å². The number of carbonyl (C=O) groups is 1. The van der Waals surface area contributed by atoms with E-state index < -0.39 is 0 Å². The van der Waals surface area contributed by atoms with Crippen molar-refractivity contribution in [1.29, 1.82) is 0 Å². The van der Waals surface area contributed by atoms with Gasteiger partial charge in [-0.25, -0.2) is 0 Å². The van der Waals surface area contributed by atoms with Gasteiger partial charge in [-0.2, -0.15) is 0 Å². The van der Waals surface area contributed by atoms with Gasteiger partial charge in [-0.15, -0.1) is 0 Å². The van der Waals surface area contributed by atoms with Gasteiger partial charge in [-0.05, 0) is 54.4 Å². The van der Waals surface area contributed by atoms with Crippen molar-refractivity contribution in [3.8, 4) is 11.5 Å². The molecule has 0 aliphatic rings. The van der Waals surface area contributed by atoms with E-state index in [0.29, 0.717) is 18.0 Å². The summed E-state index contributed by atoms with van der Waals surface area (Å²) in [5.74, 6) is 1.16. The monoisotopic (exact) mass is 349 g/mol. The third-order valence-electron chi connectivity index (χ3n) is 4.41. The number of rotatable bonds is 6. The van der Waals surface area contributed by atoms with Crippen LogP contribution in [0.1, 0.15) is 25.3 Å². The van der Waals surface area contributed by atoms with Crippen LogP contribution in [0.3, 0.4) is 0 Å². The fraction of sp³-hybridized carbons (Fsp3) is 0.227. The Kier molecular flexibility index (Phi) is 5.42. The topological polar surface area (TPSA) is 47.6 Å². The van der Waals surface area contributed by atoms with E-state index in [1.165, 1.54) is 0 Å². The molecule has 0 saturated heterocycles. The van der Waals surface area contributed by atoms with E-state index in [0.717, 1.165) is 22.1 Å². The van der Waals surface area contributed by atoms with Crippen LogP contribution in [0.25, 0.3) is 10.8 Å². The molecule has 0 aliphatic heterocycles. The van der Waals surface area contributed by atoms with Gasteiger partial charge in [0.25, 0.3) is 0 Å². The van der Waals surface area contributed by atoms with E-state index >= 15 is 0 Å². The smallest absolute Gasteiger partial charge is 0.231 e. The van der Waals surface area contributed by atoms with Crippen LogP contribution in [0.5, 0.6) is 11.5 Å². The SMILES string of the molecule is CCOc1ccccc1NC(=O)C(C)c1ccc2cc(OC)ccc2c1. The molecule has 0 aromatic heterocycles. The summed E-state index contributed by atoms with van der Waals surface area (Å²) in [7, 11) is 1.65. The number of nitrogens with one attached hydrogen (secondary N) is 1. The number of anilines is 1. The molecular formula is C22H23NO3. The Hall–Kier alpha value is -3.01. The lowest BCUT2D eigenvalue weighted by Crippen LogP contribution is -2.19. The highest BCUT2D eigenvalue weighted by Crippen LogP contribution is 2.28. The maximum Gasteiger partial charge on any atom is 0.231 e. The fourth-order valence-corrected chi connectivity index (χ4v) is 2.88. The van der Waals surface area contributed by atoms with Crippen molar-refractivity contribution in [2.75, 3.05) is 19.0 Å². The molecular weight excluding hydrogens is 326 g/mol. The molecule has 3 rings (SSSR count). The summed E-state index contributed by atoms with van der Waals surface area (Å²) in [6.07, 6.45) is 0. The second-order valence-electron chi connectivity index (χ2n) is 6.11. The molecule has 0 aliphatic carbocycles. The minimum absolute atomic E-state index is 0.0648. The maximum absolute atomic E-state index is 12.7. The van der Waals surface area contributed by atoms with Gasteiger partial charge in [0, 0.05) is 0 Å². The summed E-state index contributed by atoms with van der Waals surface area (Å²) >= 11 is 0. The van der Waals surface area contributed by atoms with Crippen LogP contribution in [0.2, 0.25) is 0 Å². The van der Waals surface area contributed by atoms with Gasteiger partial charge >= 0.3 is 0 Å². The van der Waals surface area contributed by atoms with Gasteiger partial charge < -0.3 is 14.8 Å². The minimum Gasteiger partial charge on any atom is -0.497 e. The van der Waals surface area contributed by atoms with E-state index in [-0.39, 0.29) is 11.8 Å². The van der Waals surface area contributed by atoms with Crippen molar-refractivity contribution in [2.24, 2.45) is 0 Å². The Labute approximate surface area is 153 Å². The summed E-state index contributed by atoms with van der Waals surface area (Å²) in [6, 6.07) is 19.5. The maximum atomic E-state index is 12.7. The summed E-state index contributed by atoms with van der Waals surface area (Å²) in [6.45, 7) is 4.38. The first-order chi connectivity index (χ1) is 12.6. The van der Waals surface area contributed by atoms with Gasteiger partial charge in [0.2, 0.25) is 5.91 Å². The number of fused-ring (bicyclic) bond motifs is 1. The first kappa shape index (κ1) is 17.8.